The van der Waals surface area contributed by atoms with Crippen molar-refractivity contribution in [3.05, 3.63) is 24.3 Å². The fraction of sp³-hybridized carbons (Fsp3) is 0.533. The lowest BCUT2D eigenvalue weighted by Crippen LogP contribution is -2.38. The predicted octanol–water partition coefficient (Wildman–Crippen LogP) is 2.54. The minimum absolute atomic E-state index is 0.0476. The molecule has 0 spiro atoms. The fourth-order valence-electron chi connectivity index (χ4n) is 2.74. The third-order valence-electron chi connectivity index (χ3n) is 4.20. The summed E-state index contributed by atoms with van der Waals surface area (Å²) in [5.41, 5.74) is 0.325. The maximum Gasteiger partial charge on any atom is 0.303 e. The Labute approximate surface area is 125 Å². The Morgan fingerprint density at radius 3 is 2.52 bits per heavy atom. The van der Waals surface area contributed by atoms with Crippen LogP contribution in [0.3, 0.4) is 0 Å². The number of carboxylic acid groups (broad SMARTS) is 1. The topological polar surface area (TPSA) is 83.5 Å². The first-order valence-electron chi connectivity index (χ1n) is 7.16. The van der Waals surface area contributed by atoms with E-state index in [1.165, 1.54) is 0 Å². The number of nitrogens with one attached hydrogen (secondary N) is 1. The molecule has 1 aromatic carbocycles. The van der Waals surface area contributed by atoms with Gasteiger partial charge in [-0.3, -0.25) is 4.79 Å². The minimum Gasteiger partial charge on any atom is -0.481 e. The highest BCUT2D eigenvalue weighted by molar-refractivity contribution is 7.91. The molecule has 116 valence electrons. The summed E-state index contributed by atoms with van der Waals surface area (Å²) in [6.45, 7) is 2.11. The number of anilines is 1. The normalized spacial score (nSPS) is 17.0. The van der Waals surface area contributed by atoms with E-state index >= 15 is 0 Å². The van der Waals surface area contributed by atoms with Crippen LogP contribution in [0.1, 0.15) is 32.6 Å². The molecule has 0 atom stereocenters. The Morgan fingerprint density at radius 1 is 1.33 bits per heavy atom. The number of hydrogen-bond donors (Lipinski definition) is 2. The smallest absolute Gasteiger partial charge is 0.303 e. The van der Waals surface area contributed by atoms with Crippen LogP contribution in [-0.2, 0) is 14.6 Å². The molecule has 0 aliphatic heterocycles. The van der Waals surface area contributed by atoms with Gasteiger partial charge in [0.15, 0.2) is 9.84 Å². The summed E-state index contributed by atoms with van der Waals surface area (Å²) >= 11 is 0. The summed E-state index contributed by atoms with van der Waals surface area (Å²) in [4.78, 5) is 11.3. The van der Waals surface area contributed by atoms with E-state index in [1.807, 2.05) is 0 Å². The van der Waals surface area contributed by atoms with Gasteiger partial charge in [0.25, 0.3) is 0 Å². The van der Waals surface area contributed by atoms with E-state index in [1.54, 1.807) is 31.2 Å². The van der Waals surface area contributed by atoms with Crippen LogP contribution in [0, 0.1) is 5.41 Å². The van der Waals surface area contributed by atoms with E-state index in [2.05, 4.69) is 5.32 Å². The molecule has 0 radical (unpaired) electrons. The second-order valence-corrected chi connectivity index (χ2v) is 7.92. The largest absolute Gasteiger partial charge is 0.481 e. The highest BCUT2D eigenvalue weighted by atomic mass is 32.2. The monoisotopic (exact) mass is 311 g/mol. The summed E-state index contributed by atoms with van der Waals surface area (Å²) < 4.78 is 24.1. The van der Waals surface area contributed by atoms with E-state index in [-0.39, 0.29) is 22.5 Å². The van der Waals surface area contributed by atoms with Gasteiger partial charge in [-0.05, 0) is 30.4 Å². The van der Waals surface area contributed by atoms with Crippen molar-refractivity contribution >= 4 is 21.5 Å². The first-order chi connectivity index (χ1) is 9.88. The van der Waals surface area contributed by atoms with Gasteiger partial charge in [-0.15, -0.1) is 0 Å². The quantitative estimate of drug-likeness (QED) is 0.808. The molecule has 0 amide bonds. The van der Waals surface area contributed by atoms with Crippen LogP contribution in [0.15, 0.2) is 29.2 Å². The summed E-state index contributed by atoms with van der Waals surface area (Å²) in [5.74, 6) is -0.752. The number of carboxylic acids is 1. The molecule has 1 aromatic rings. The van der Waals surface area contributed by atoms with Crippen molar-refractivity contribution in [3.63, 3.8) is 0 Å². The summed E-state index contributed by atoms with van der Waals surface area (Å²) in [7, 11) is -3.29. The lowest BCUT2D eigenvalue weighted by molar-refractivity contribution is -0.141. The Hall–Kier alpha value is -1.56. The van der Waals surface area contributed by atoms with Crippen LogP contribution >= 0.6 is 0 Å². The third-order valence-corrected chi connectivity index (χ3v) is 5.98. The van der Waals surface area contributed by atoms with Gasteiger partial charge in [0.2, 0.25) is 0 Å². The van der Waals surface area contributed by atoms with E-state index < -0.39 is 15.8 Å². The lowest BCUT2D eigenvalue weighted by atomic mass is 9.66. The average molecular weight is 311 g/mol. The van der Waals surface area contributed by atoms with Gasteiger partial charge < -0.3 is 10.4 Å². The maximum atomic E-state index is 12.1. The molecule has 1 saturated carbocycles. The van der Waals surface area contributed by atoms with Gasteiger partial charge in [0.05, 0.1) is 22.8 Å². The Balaban J connectivity index is 2.15. The van der Waals surface area contributed by atoms with Gasteiger partial charge in [-0.25, -0.2) is 8.42 Å². The second-order valence-electron chi connectivity index (χ2n) is 5.68. The number of rotatable bonds is 7. The summed E-state index contributed by atoms with van der Waals surface area (Å²) in [6.07, 6.45) is 2.90. The zero-order valence-electron chi connectivity index (χ0n) is 12.1. The molecule has 0 unspecified atom stereocenters. The summed E-state index contributed by atoms with van der Waals surface area (Å²) in [5, 5.41) is 12.2. The first kappa shape index (κ1) is 15.8. The van der Waals surface area contributed by atoms with Crippen molar-refractivity contribution in [3.8, 4) is 0 Å². The molecule has 0 bridgehead atoms. The number of para-hydroxylation sites is 1. The molecule has 0 aromatic heterocycles. The Morgan fingerprint density at radius 2 is 2.00 bits per heavy atom. The highest BCUT2D eigenvalue weighted by Gasteiger charge is 2.39. The molecule has 1 fully saturated rings. The van der Waals surface area contributed by atoms with E-state index in [0.29, 0.717) is 12.2 Å². The van der Waals surface area contributed by atoms with Gasteiger partial charge in [-0.2, -0.15) is 0 Å². The molecule has 2 N–H and O–H groups in total. The number of carbonyl (C=O) groups is 1. The van der Waals surface area contributed by atoms with E-state index in [9.17, 15) is 13.2 Å². The number of sulfone groups is 1. The third kappa shape index (κ3) is 3.56. The van der Waals surface area contributed by atoms with E-state index in [0.717, 1.165) is 19.3 Å². The molecule has 2 rings (SSSR count). The molecule has 6 heteroatoms. The van der Waals surface area contributed by atoms with Crippen LogP contribution in [0.25, 0.3) is 0 Å². The van der Waals surface area contributed by atoms with Gasteiger partial charge in [0, 0.05) is 6.54 Å². The van der Waals surface area contributed by atoms with E-state index in [4.69, 9.17) is 5.11 Å². The lowest BCUT2D eigenvalue weighted by Gasteiger charge is -2.41. The molecular formula is C15H21NO4S. The molecule has 21 heavy (non-hydrogen) atoms. The SMILES string of the molecule is CCS(=O)(=O)c1ccccc1NCC1(CC(=O)O)CCC1. The molecule has 5 nitrogen and oxygen atoms in total. The molecule has 0 heterocycles. The Bertz CT molecular complexity index is 620. The molecule has 1 aliphatic rings. The van der Waals surface area contributed by atoms with Crippen molar-refractivity contribution < 1.29 is 18.3 Å². The zero-order valence-corrected chi connectivity index (χ0v) is 12.9. The first-order valence-corrected chi connectivity index (χ1v) is 8.81. The summed E-state index contributed by atoms with van der Waals surface area (Å²) in [6, 6.07) is 6.80. The van der Waals surface area contributed by atoms with Crippen LogP contribution in [-0.4, -0.2) is 31.8 Å². The molecule has 0 saturated heterocycles. The van der Waals surface area contributed by atoms with Gasteiger partial charge in [-0.1, -0.05) is 25.5 Å². The van der Waals surface area contributed by atoms with Crippen molar-refractivity contribution in [1.29, 1.82) is 0 Å². The van der Waals surface area contributed by atoms with Crippen LogP contribution in [0.4, 0.5) is 5.69 Å². The van der Waals surface area contributed by atoms with Crippen LogP contribution in [0.2, 0.25) is 0 Å². The number of aliphatic carboxylic acids is 1. The van der Waals surface area contributed by atoms with Gasteiger partial charge in [0.1, 0.15) is 0 Å². The average Bonchev–Trinajstić information content (AvgIpc) is 2.41. The zero-order chi connectivity index (χ0) is 15.5. The maximum absolute atomic E-state index is 12.1. The minimum atomic E-state index is -3.29. The second kappa shape index (κ2) is 6.05. The van der Waals surface area contributed by atoms with Crippen LogP contribution < -0.4 is 5.32 Å². The fourth-order valence-corrected chi connectivity index (χ4v) is 3.81. The molecule has 1 aliphatic carbocycles. The van der Waals surface area contributed by atoms with Crippen LogP contribution in [0.5, 0.6) is 0 Å². The Kier molecular flexibility index (Phi) is 4.56. The predicted molar refractivity (Wildman–Crippen MR) is 81.2 cm³/mol. The number of hydrogen-bond acceptors (Lipinski definition) is 4. The van der Waals surface area contributed by atoms with Crippen molar-refractivity contribution in [2.45, 2.75) is 37.5 Å². The number of benzene rings is 1. The van der Waals surface area contributed by atoms with Crippen molar-refractivity contribution in [1.82, 2.24) is 0 Å². The van der Waals surface area contributed by atoms with Crippen molar-refractivity contribution in [2.24, 2.45) is 5.41 Å². The standard InChI is InChI=1S/C15H21NO4S/c1-2-21(19,20)13-7-4-3-6-12(13)16-11-15(8-5-9-15)10-14(17)18/h3-4,6-7,16H,2,5,8-11H2,1H3,(H,17,18). The van der Waals surface area contributed by atoms with Gasteiger partial charge >= 0.3 is 5.97 Å². The highest BCUT2D eigenvalue weighted by Crippen LogP contribution is 2.44. The molecular weight excluding hydrogens is 290 g/mol. The van der Waals surface area contributed by atoms with Crippen molar-refractivity contribution in [2.75, 3.05) is 17.6 Å².